The minimum Gasteiger partial charge on any atom is -0.469 e. The molecule has 0 heterocycles. The van der Waals surface area contributed by atoms with Gasteiger partial charge in [0.05, 0.1) is 14.2 Å². The van der Waals surface area contributed by atoms with Crippen LogP contribution < -0.4 is 5.84 Å². The van der Waals surface area contributed by atoms with Gasteiger partial charge in [0.2, 0.25) is 0 Å². The monoisotopic (exact) mass is 202 g/mol. The Labute approximate surface area is 82.0 Å². The van der Waals surface area contributed by atoms with E-state index in [0.717, 1.165) is 0 Å². The summed E-state index contributed by atoms with van der Waals surface area (Å²) in [6, 6.07) is 0. The molecule has 0 atom stereocenters. The normalized spacial score (nSPS) is 10.9. The molecule has 80 valence electrons. The van der Waals surface area contributed by atoms with Crippen molar-refractivity contribution in [1.82, 2.24) is 0 Å². The summed E-state index contributed by atoms with van der Waals surface area (Å²) >= 11 is 0. The van der Waals surface area contributed by atoms with Crippen LogP contribution in [0.3, 0.4) is 0 Å². The molecule has 0 aliphatic rings. The second kappa shape index (κ2) is 6.88. The van der Waals surface area contributed by atoms with Crippen LogP contribution in [0.4, 0.5) is 0 Å². The molecule has 6 heteroatoms. The molecule has 6 nitrogen and oxygen atoms in total. The molecular formula is C8H14N2O4. The molecule has 0 aromatic heterocycles. The first-order chi connectivity index (χ1) is 6.65. The highest BCUT2D eigenvalue weighted by Crippen LogP contribution is 2.00. The molecule has 0 radical (unpaired) electrons. The Morgan fingerprint density at radius 1 is 1.21 bits per heavy atom. The van der Waals surface area contributed by atoms with Crippen LogP contribution in [0.2, 0.25) is 0 Å². The number of rotatable bonds is 5. The van der Waals surface area contributed by atoms with Gasteiger partial charge in [-0.15, -0.1) is 0 Å². The lowest BCUT2D eigenvalue weighted by atomic mass is 10.1. The van der Waals surface area contributed by atoms with E-state index in [1.165, 1.54) is 14.2 Å². The van der Waals surface area contributed by atoms with E-state index in [1.807, 2.05) is 0 Å². The van der Waals surface area contributed by atoms with Gasteiger partial charge in [-0.1, -0.05) is 0 Å². The van der Waals surface area contributed by atoms with Crippen molar-refractivity contribution in [3.63, 3.8) is 0 Å². The molecule has 0 bridgehead atoms. The molecule has 0 aromatic rings. The summed E-state index contributed by atoms with van der Waals surface area (Å²) in [5, 5.41) is 3.27. The van der Waals surface area contributed by atoms with E-state index in [1.54, 1.807) is 0 Å². The van der Waals surface area contributed by atoms with Crippen LogP contribution >= 0.6 is 0 Å². The lowest BCUT2D eigenvalue weighted by molar-refractivity contribution is -0.140. The summed E-state index contributed by atoms with van der Waals surface area (Å²) in [4.78, 5) is 21.7. The van der Waals surface area contributed by atoms with E-state index in [-0.39, 0.29) is 18.1 Å². The average Bonchev–Trinajstić information content (AvgIpc) is 2.22. The lowest BCUT2D eigenvalue weighted by Gasteiger charge is -2.01. The van der Waals surface area contributed by atoms with E-state index >= 15 is 0 Å². The molecule has 0 fully saturated rings. The Balaban J connectivity index is 3.87. The van der Waals surface area contributed by atoms with Crippen LogP contribution in [0.25, 0.3) is 0 Å². The lowest BCUT2D eigenvalue weighted by Crippen LogP contribution is -2.18. The molecule has 0 saturated carbocycles. The minimum absolute atomic E-state index is 0.122. The molecule has 2 N–H and O–H groups in total. The van der Waals surface area contributed by atoms with Gasteiger partial charge in [0.1, 0.15) is 5.71 Å². The molecule has 0 aromatic carbocycles. The maximum Gasteiger partial charge on any atom is 0.354 e. The molecule has 0 rings (SSSR count). The number of hydrazone groups is 1. The number of nitrogens with zero attached hydrogens (tertiary/aromatic N) is 1. The Hall–Kier alpha value is -1.59. The Morgan fingerprint density at radius 3 is 2.29 bits per heavy atom. The minimum atomic E-state index is -0.572. The second-order valence-electron chi connectivity index (χ2n) is 2.50. The van der Waals surface area contributed by atoms with E-state index in [4.69, 9.17) is 5.84 Å². The molecular weight excluding hydrogens is 188 g/mol. The number of carbonyl (C=O) groups is 2. The first-order valence-electron chi connectivity index (χ1n) is 4.07. The van der Waals surface area contributed by atoms with E-state index in [0.29, 0.717) is 12.8 Å². The van der Waals surface area contributed by atoms with Gasteiger partial charge in [-0.2, -0.15) is 5.10 Å². The van der Waals surface area contributed by atoms with Gasteiger partial charge < -0.3 is 15.3 Å². The molecule has 0 amide bonds. The fourth-order valence-corrected chi connectivity index (χ4v) is 0.839. The summed E-state index contributed by atoms with van der Waals surface area (Å²) in [6.07, 6.45) is 0.989. The van der Waals surface area contributed by atoms with Gasteiger partial charge in [-0.3, -0.25) is 4.79 Å². The third-order valence-electron chi connectivity index (χ3n) is 1.60. The number of ether oxygens (including phenoxy) is 2. The maximum atomic E-state index is 10.9. The van der Waals surface area contributed by atoms with Crippen molar-refractivity contribution in [2.75, 3.05) is 14.2 Å². The Morgan fingerprint density at radius 2 is 1.86 bits per heavy atom. The van der Waals surface area contributed by atoms with Crippen LogP contribution in [0.1, 0.15) is 19.3 Å². The standard InChI is InChI=1S/C8H14N2O4/c1-13-7(11)5-3-4-6(10-9)8(12)14-2/h3-5,9H2,1-2H3. The van der Waals surface area contributed by atoms with Crippen molar-refractivity contribution in [1.29, 1.82) is 0 Å². The van der Waals surface area contributed by atoms with Crippen molar-refractivity contribution in [3.8, 4) is 0 Å². The number of methoxy groups -OCH3 is 2. The summed E-state index contributed by atoms with van der Waals surface area (Å²) in [5.74, 6) is 4.07. The molecule has 0 unspecified atom stereocenters. The number of carbonyl (C=O) groups excluding carboxylic acids is 2. The zero-order chi connectivity index (χ0) is 11.0. The molecule has 0 saturated heterocycles. The van der Waals surface area contributed by atoms with Gasteiger partial charge in [-0.05, 0) is 12.8 Å². The van der Waals surface area contributed by atoms with Crippen LogP contribution in [0.5, 0.6) is 0 Å². The van der Waals surface area contributed by atoms with E-state index < -0.39 is 5.97 Å². The summed E-state index contributed by atoms with van der Waals surface area (Å²) in [5.41, 5.74) is 0.122. The highest BCUT2D eigenvalue weighted by Gasteiger charge is 2.11. The predicted molar refractivity (Wildman–Crippen MR) is 49.5 cm³/mol. The average molecular weight is 202 g/mol. The first kappa shape index (κ1) is 12.4. The SMILES string of the molecule is COC(=O)CCCC(=NN)C(=O)OC. The van der Waals surface area contributed by atoms with Gasteiger partial charge in [0, 0.05) is 6.42 Å². The van der Waals surface area contributed by atoms with Crippen LogP contribution in [-0.2, 0) is 19.1 Å². The van der Waals surface area contributed by atoms with Gasteiger partial charge in [0.25, 0.3) is 0 Å². The Bertz CT molecular complexity index is 237. The summed E-state index contributed by atoms with van der Waals surface area (Å²) in [6.45, 7) is 0. The third-order valence-corrected chi connectivity index (χ3v) is 1.60. The smallest absolute Gasteiger partial charge is 0.354 e. The van der Waals surface area contributed by atoms with Gasteiger partial charge in [0.15, 0.2) is 0 Å². The number of nitrogens with two attached hydrogens (primary N) is 1. The summed E-state index contributed by atoms with van der Waals surface area (Å²) in [7, 11) is 2.55. The predicted octanol–water partition coefficient (Wildman–Crippen LogP) is -0.183. The van der Waals surface area contributed by atoms with E-state index in [9.17, 15) is 9.59 Å². The van der Waals surface area contributed by atoms with Crippen LogP contribution in [0.15, 0.2) is 5.10 Å². The van der Waals surface area contributed by atoms with Gasteiger partial charge in [-0.25, -0.2) is 4.79 Å². The topological polar surface area (TPSA) is 91.0 Å². The highest BCUT2D eigenvalue weighted by atomic mass is 16.5. The quantitative estimate of drug-likeness (QED) is 0.289. The fourth-order valence-electron chi connectivity index (χ4n) is 0.839. The molecule has 0 spiro atoms. The van der Waals surface area contributed by atoms with Crippen LogP contribution in [-0.4, -0.2) is 31.9 Å². The Kier molecular flexibility index (Phi) is 6.09. The number of hydrogen-bond donors (Lipinski definition) is 1. The zero-order valence-electron chi connectivity index (χ0n) is 8.28. The number of esters is 2. The molecule has 0 aliphatic heterocycles. The zero-order valence-corrected chi connectivity index (χ0v) is 8.28. The van der Waals surface area contributed by atoms with Crippen molar-refractivity contribution in [3.05, 3.63) is 0 Å². The largest absolute Gasteiger partial charge is 0.469 e. The van der Waals surface area contributed by atoms with E-state index in [2.05, 4.69) is 14.6 Å². The summed E-state index contributed by atoms with van der Waals surface area (Å²) < 4.78 is 8.85. The van der Waals surface area contributed by atoms with Crippen molar-refractivity contribution in [2.24, 2.45) is 10.9 Å². The second-order valence-corrected chi connectivity index (χ2v) is 2.50. The van der Waals surface area contributed by atoms with Crippen molar-refractivity contribution >= 4 is 17.7 Å². The maximum absolute atomic E-state index is 10.9. The molecule has 0 aliphatic carbocycles. The molecule has 14 heavy (non-hydrogen) atoms. The van der Waals surface area contributed by atoms with Crippen molar-refractivity contribution < 1.29 is 19.1 Å². The number of hydrogen-bond acceptors (Lipinski definition) is 6. The third kappa shape index (κ3) is 4.44. The first-order valence-corrected chi connectivity index (χ1v) is 4.07. The highest BCUT2D eigenvalue weighted by molar-refractivity contribution is 6.36. The van der Waals surface area contributed by atoms with Gasteiger partial charge >= 0.3 is 11.9 Å². The fraction of sp³-hybridized carbons (Fsp3) is 0.625. The van der Waals surface area contributed by atoms with Crippen molar-refractivity contribution in [2.45, 2.75) is 19.3 Å². The van der Waals surface area contributed by atoms with Crippen LogP contribution in [0, 0.1) is 0 Å².